The number of rotatable bonds is 4. The first-order valence-electron chi connectivity index (χ1n) is 8.15. The van der Waals surface area contributed by atoms with Crippen molar-refractivity contribution < 1.29 is 4.79 Å². The molecule has 6 heteroatoms. The quantitative estimate of drug-likeness (QED) is 0.769. The van der Waals surface area contributed by atoms with Crippen molar-refractivity contribution in [2.75, 3.05) is 23.8 Å². The van der Waals surface area contributed by atoms with Gasteiger partial charge in [-0.3, -0.25) is 4.79 Å². The molecular weight excluding hydrogens is 332 g/mol. The Hall–Kier alpha value is -2.47. The highest BCUT2D eigenvalue weighted by Gasteiger charge is 2.15. The molecule has 3 aromatic rings. The van der Waals surface area contributed by atoms with Crippen LogP contribution < -0.4 is 10.2 Å². The molecule has 0 aliphatic carbocycles. The zero-order valence-electron chi connectivity index (χ0n) is 15.2. The Balaban J connectivity index is 1.79. The number of carbonyl (C=O) groups is 1. The molecule has 0 saturated carbocycles. The van der Waals surface area contributed by atoms with Crippen molar-refractivity contribution in [2.24, 2.45) is 0 Å². The van der Waals surface area contributed by atoms with E-state index in [0.717, 1.165) is 32.8 Å². The summed E-state index contributed by atoms with van der Waals surface area (Å²) in [5.41, 5.74) is 4.24. The van der Waals surface area contributed by atoms with E-state index in [4.69, 9.17) is 0 Å². The lowest BCUT2D eigenvalue weighted by Gasteiger charge is -2.19. The summed E-state index contributed by atoms with van der Waals surface area (Å²) in [5.74, 6) is 0.720. The lowest BCUT2D eigenvalue weighted by atomic mass is 10.1. The molecule has 0 spiro atoms. The SMILES string of the molecule is Cc1cc(C)c(NC(=O)CN(C)c2ncnc3sc(C)cc23)c(C)c1. The molecule has 0 bridgehead atoms. The normalized spacial score (nSPS) is 10.9. The van der Waals surface area contributed by atoms with Crippen LogP contribution in [-0.2, 0) is 4.79 Å². The monoisotopic (exact) mass is 354 g/mol. The highest BCUT2D eigenvalue weighted by Crippen LogP contribution is 2.29. The number of fused-ring (bicyclic) bond motifs is 1. The van der Waals surface area contributed by atoms with E-state index in [1.165, 1.54) is 10.4 Å². The Morgan fingerprint density at radius 3 is 2.48 bits per heavy atom. The first-order valence-corrected chi connectivity index (χ1v) is 8.97. The van der Waals surface area contributed by atoms with Crippen molar-refractivity contribution >= 4 is 39.0 Å². The number of benzene rings is 1. The topological polar surface area (TPSA) is 58.1 Å². The summed E-state index contributed by atoms with van der Waals surface area (Å²) in [5, 5.41) is 4.03. The van der Waals surface area contributed by atoms with E-state index < -0.39 is 0 Å². The Labute approximate surface area is 151 Å². The smallest absolute Gasteiger partial charge is 0.243 e. The fourth-order valence-corrected chi connectivity index (χ4v) is 3.96. The first-order chi connectivity index (χ1) is 11.8. The minimum atomic E-state index is -0.0590. The van der Waals surface area contributed by atoms with Crippen LogP contribution in [0.1, 0.15) is 21.6 Å². The van der Waals surface area contributed by atoms with Gasteiger partial charge in [0.25, 0.3) is 0 Å². The summed E-state index contributed by atoms with van der Waals surface area (Å²) in [4.78, 5) is 25.2. The van der Waals surface area contributed by atoms with Crippen molar-refractivity contribution in [3.63, 3.8) is 0 Å². The predicted octanol–water partition coefficient (Wildman–Crippen LogP) is 4.00. The van der Waals surface area contributed by atoms with Crippen molar-refractivity contribution in [1.29, 1.82) is 0 Å². The molecule has 130 valence electrons. The third-order valence-electron chi connectivity index (χ3n) is 4.12. The third kappa shape index (κ3) is 3.64. The van der Waals surface area contributed by atoms with Crippen LogP contribution in [0.25, 0.3) is 10.2 Å². The number of thiophene rings is 1. The molecule has 25 heavy (non-hydrogen) atoms. The van der Waals surface area contributed by atoms with Gasteiger partial charge in [-0.15, -0.1) is 11.3 Å². The number of anilines is 2. The maximum Gasteiger partial charge on any atom is 0.243 e. The molecule has 0 aliphatic heterocycles. The number of carbonyl (C=O) groups excluding carboxylic acids is 1. The highest BCUT2D eigenvalue weighted by atomic mass is 32.1. The molecule has 1 aromatic carbocycles. The predicted molar refractivity (Wildman–Crippen MR) is 105 cm³/mol. The lowest BCUT2D eigenvalue weighted by molar-refractivity contribution is -0.114. The number of amides is 1. The van der Waals surface area contributed by atoms with Gasteiger partial charge in [0.15, 0.2) is 0 Å². The Morgan fingerprint density at radius 2 is 1.80 bits per heavy atom. The first kappa shape index (κ1) is 17.4. The average molecular weight is 354 g/mol. The number of nitrogens with one attached hydrogen (secondary N) is 1. The number of aryl methyl sites for hydroxylation is 4. The summed E-state index contributed by atoms with van der Waals surface area (Å²) in [6, 6.07) is 6.22. The molecule has 0 radical (unpaired) electrons. The number of likely N-dealkylation sites (N-methyl/N-ethyl adjacent to an activating group) is 1. The molecule has 3 rings (SSSR count). The second kappa shape index (κ2) is 6.80. The number of nitrogens with zero attached hydrogens (tertiary/aromatic N) is 3. The Bertz CT molecular complexity index is 925. The molecule has 0 atom stereocenters. The van der Waals surface area contributed by atoms with Crippen molar-refractivity contribution in [2.45, 2.75) is 27.7 Å². The maximum atomic E-state index is 12.5. The fraction of sp³-hybridized carbons (Fsp3) is 0.316. The van der Waals surface area contributed by atoms with E-state index in [0.29, 0.717) is 0 Å². The van der Waals surface area contributed by atoms with Gasteiger partial charge in [-0.2, -0.15) is 0 Å². The molecule has 1 amide bonds. The van der Waals surface area contributed by atoms with Gasteiger partial charge in [-0.05, 0) is 44.9 Å². The van der Waals surface area contributed by atoms with Crippen molar-refractivity contribution in [1.82, 2.24) is 9.97 Å². The molecule has 0 fully saturated rings. The Kier molecular flexibility index (Phi) is 4.72. The fourth-order valence-electron chi connectivity index (χ4n) is 3.11. The molecule has 0 unspecified atom stereocenters. The van der Waals surface area contributed by atoms with Crippen LogP contribution in [0.4, 0.5) is 11.5 Å². The molecule has 2 heterocycles. The van der Waals surface area contributed by atoms with Crippen LogP contribution in [0.5, 0.6) is 0 Å². The van der Waals surface area contributed by atoms with Gasteiger partial charge < -0.3 is 10.2 Å². The van der Waals surface area contributed by atoms with Crippen LogP contribution in [-0.4, -0.2) is 29.5 Å². The summed E-state index contributed by atoms with van der Waals surface area (Å²) >= 11 is 1.63. The van der Waals surface area contributed by atoms with E-state index in [1.54, 1.807) is 17.7 Å². The molecule has 0 saturated heterocycles. The third-order valence-corrected chi connectivity index (χ3v) is 5.07. The van der Waals surface area contributed by atoms with Gasteiger partial charge in [-0.1, -0.05) is 17.7 Å². The van der Waals surface area contributed by atoms with E-state index in [2.05, 4.69) is 40.4 Å². The van der Waals surface area contributed by atoms with Crippen LogP contribution in [0.3, 0.4) is 0 Å². The van der Waals surface area contributed by atoms with Gasteiger partial charge in [-0.25, -0.2) is 9.97 Å². The molecule has 1 N–H and O–H groups in total. The van der Waals surface area contributed by atoms with Crippen LogP contribution in [0.2, 0.25) is 0 Å². The molecule has 5 nitrogen and oxygen atoms in total. The number of aromatic nitrogens is 2. The van der Waals surface area contributed by atoms with Crippen molar-refractivity contribution in [3.05, 3.63) is 46.1 Å². The van der Waals surface area contributed by atoms with E-state index in [9.17, 15) is 4.79 Å². The second-order valence-electron chi connectivity index (χ2n) is 6.45. The largest absolute Gasteiger partial charge is 0.350 e. The number of hydrogen-bond acceptors (Lipinski definition) is 5. The van der Waals surface area contributed by atoms with Crippen LogP contribution >= 0.6 is 11.3 Å². The second-order valence-corrected chi connectivity index (χ2v) is 7.69. The highest BCUT2D eigenvalue weighted by molar-refractivity contribution is 7.18. The molecule has 2 aromatic heterocycles. The van der Waals surface area contributed by atoms with E-state index >= 15 is 0 Å². The standard InChI is InChI=1S/C19H22N4OS/c1-11-6-12(2)17(13(3)7-11)22-16(24)9-23(5)18-15-8-14(4)25-19(15)21-10-20-18/h6-8,10H,9H2,1-5H3,(H,22,24). The van der Waals surface area contributed by atoms with Crippen LogP contribution in [0, 0.1) is 27.7 Å². The van der Waals surface area contributed by atoms with E-state index in [1.807, 2.05) is 32.7 Å². The minimum Gasteiger partial charge on any atom is -0.350 e. The zero-order chi connectivity index (χ0) is 18.1. The Morgan fingerprint density at radius 1 is 1.12 bits per heavy atom. The van der Waals surface area contributed by atoms with Gasteiger partial charge in [0.05, 0.1) is 11.9 Å². The summed E-state index contributed by atoms with van der Waals surface area (Å²) in [6.45, 7) is 8.37. The lowest BCUT2D eigenvalue weighted by Crippen LogP contribution is -2.31. The molecular formula is C19H22N4OS. The average Bonchev–Trinajstić information content (AvgIpc) is 2.90. The van der Waals surface area contributed by atoms with Crippen molar-refractivity contribution in [3.8, 4) is 0 Å². The van der Waals surface area contributed by atoms with E-state index in [-0.39, 0.29) is 12.5 Å². The van der Waals surface area contributed by atoms with Gasteiger partial charge in [0.2, 0.25) is 5.91 Å². The maximum absolute atomic E-state index is 12.5. The zero-order valence-corrected chi connectivity index (χ0v) is 16.0. The number of hydrogen-bond donors (Lipinski definition) is 1. The molecule has 0 aliphatic rings. The summed E-state index contributed by atoms with van der Waals surface area (Å²) in [7, 11) is 1.88. The van der Waals surface area contributed by atoms with Gasteiger partial charge in [0.1, 0.15) is 17.0 Å². The van der Waals surface area contributed by atoms with Gasteiger partial charge in [0, 0.05) is 17.6 Å². The summed E-state index contributed by atoms with van der Waals surface area (Å²) < 4.78 is 0. The minimum absolute atomic E-state index is 0.0590. The van der Waals surface area contributed by atoms with Gasteiger partial charge >= 0.3 is 0 Å². The summed E-state index contributed by atoms with van der Waals surface area (Å²) in [6.07, 6.45) is 1.55. The van der Waals surface area contributed by atoms with Crippen LogP contribution in [0.15, 0.2) is 24.5 Å².